The number of aromatic nitrogens is 1. The van der Waals surface area contributed by atoms with Crippen molar-refractivity contribution in [3.8, 4) is 11.5 Å². The van der Waals surface area contributed by atoms with Gasteiger partial charge in [-0.25, -0.2) is 0 Å². The molecule has 1 aromatic rings. The lowest BCUT2D eigenvalue weighted by molar-refractivity contribution is -0.678. The molecular formula is C9H10ClF3NO2+. The van der Waals surface area contributed by atoms with Gasteiger partial charge >= 0.3 is 6.18 Å². The predicted molar refractivity (Wildman–Crippen MR) is 50.6 cm³/mol. The Bertz CT molecular complexity index is 357. The number of rotatable bonds is 4. The highest BCUT2D eigenvalue weighted by Gasteiger charge is 2.29. The van der Waals surface area contributed by atoms with Crippen molar-refractivity contribution >= 4 is 11.6 Å². The summed E-state index contributed by atoms with van der Waals surface area (Å²) in [5.74, 6) is 0.230. The average molecular weight is 257 g/mol. The van der Waals surface area contributed by atoms with E-state index in [1.54, 1.807) is 4.57 Å². The minimum atomic E-state index is -4.37. The molecule has 3 nitrogen and oxygen atoms in total. The van der Waals surface area contributed by atoms with Crippen molar-refractivity contribution in [2.45, 2.75) is 12.2 Å². The SMILES string of the molecule is COc1c[n+](CCl)ccc1OCC(F)(F)F. The van der Waals surface area contributed by atoms with Crippen molar-refractivity contribution in [2.75, 3.05) is 13.7 Å². The average Bonchev–Trinajstić information content (AvgIpc) is 2.25. The van der Waals surface area contributed by atoms with Gasteiger partial charge in [0, 0.05) is 6.07 Å². The van der Waals surface area contributed by atoms with Crippen molar-refractivity contribution < 1.29 is 27.2 Å². The van der Waals surface area contributed by atoms with Crippen LogP contribution in [0.5, 0.6) is 11.5 Å². The van der Waals surface area contributed by atoms with E-state index in [-0.39, 0.29) is 17.5 Å². The number of hydrogen-bond donors (Lipinski definition) is 0. The van der Waals surface area contributed by atoms with Gasteiger partial charge < -0.3 is 9.47 Å². The molecule has 0 unspecified atom stereocenters. The minimum Gasteiger partial charge on any atom is -0.488 e. The highest BCUT2D eigenvalue weighted by Crippen LogP contribution is 2.26. The lowest BCUT2D eigenvalue weighted by Gasteiger charge is -2.10. The van der Waals surface area contributed by atoms with Gasteiger partial charge in [-0.1, -0.05) is 11.6 Å². The highest BCUT2D eigenvalue weighted by atomic mass is 35.5. The van der Waals surface area contributed by atoms with E-state index in [1.807, 2.05) is 0 Å². The first kappa shape index (κ1) is 12.9. The lowest BCUT2D eigenvalue weighted by atomic mass is 10.4. The molecule has 0 atom stereocenters. The Kier molecular flexibility index (Phi) is 4.23. The Morgan fingerprint density at radius 1 is 1.38 bits per heavy atom. The Hall–Kier alpha value is -1.17. The number of methoxy groups -OCH3 is 1. The third-order valence-electron chi connectivity index (χ3n) is 1.69. The first-order valence-corrected chi connectivity index (χ1v) is 4.82. The molecule has 0 saturated heterocycles. The summed E-state index contributed by atoms with van der Waals surface area (Å²) < 4.78 is 46.8. The zero-order valence-corrected chi connectivity index (χ0v) is 9.18. The van der Waals surface area contributed by atoms with Crippen LogP contribution < -0.4 is 14.0 Å². The van der Waals surface area contributed by atoms with Gasteiger partial charge in [-0.3, -0.25) is 0 Å². The first-order valence-electron chi connectivity index (χ1n) is 4.29. The van der Waals surface area contributed by atoms with Crippen LogP contribution in [0, 0.1) is 0 Å². The van der Waals surface area contributed by atoms with E-state index in [0.29, 0.717) is 0 Å². The van der Waals surface area contributed by atoms with Gasteiger partial charge in [0.2, 0.25) is 18.0 Å². The molecule has 90 valence electrons. The smallest absolute Gasteiger partial charge is 0.422 e. The Labute approximate surface area is 95.3 Å². The van der Waals surface area contributed by atoms with Crippen molar-refractivity contribution in [2.24, 2.45) is 0 Å². The second kappa shape index (κ2) is 5.25. The molecule has 0 aliphatic rings. The third kappa shape index (κ3) is 3.77. The standard InChI is InChI=1S/C9H10ClF3NO2/c1-15-8-4-14(6-10)3-2-7(8)16-5-9(11,12)13/h2-4H,5-6H2,1H3/q+1. The summed E-state index contributed by atoms with van der Waals surface area (Å²) >= 11 is 5.54. The normalized spacial score (nSPS) is 11.3. The molecule has 0 aromatic carbocycles. The van der Waals surface area contributed by atoms with Gasteiger partial charge in [-0.05, 0) is 0 Å². The van der Waals surface area contributed by atoms with Crippen LogP contribution in [0.3, 0.4) is 0 Å². The summed E-state index contributed by atoms with van der Waals surface area (Å²) in [5, 5.41) is 0. The Morgan fingerprint density at radius 3 is 2.56 bits per heavy atom. The van der Waals surface area contributed by atoms with Gasteiger partial charge in [0.15, 0.2) is 18.6 Å². The maximum absolute atomic E-state index is 11.9. The number of hydrogen-bond acceptors (Lipinski definition) is 2. The van der Waals surface area contributed by atoms with Gasteiger partial charge in [0.1, 0.15) is 0 Å². The number of ether oxygens (including phenoxy) is 2. The predicted octanol–water partition coefficient (Wildman–Crippen LogP) is 2.12. The fraction of sp³-hybridized carbons (Fsp3) is 0.444. The van der Waals surface area contributed by atoms with Gasteiger partial charge in [-0.2, -0.15) is 17.7 Å². The molecule has 0 saturated carbocycles. The monoisotopic (exact) mass is 256 g/mol. The van der Waals surface area contributed by atoms with Gasteiger partial charge in [0.05, 0.1) is 7.11 Å². The molecule has 1 rings (SSSR count). The zero-order chi connectivity index (χ0) is 12.2. The summed E-state index contributed by atoms with van der Waals surface area (Å²) in [6, 6.07) is 1.54. The van der Waals surface area contributed by atoms with E-state index >= 15 is 0 Å². The van der Waals surface area contributed by atoms with E-state index in [0.717, 1.165) is 0 Å². The second-order valence-electron chi connectivity index (χ2n) is 2.92. The molecule has 0 bridgehead atoms. The summed E-state index contributed by atoms with van der Waals surface area (Å²) in [5.41, 5.74) is 0. The van der Waals surface area contributed by atoms with Crippen LogP contribution in [-0.4, -0.2) is 19.9 Å². The van der Waals surface area contributed by atoms with Gasteiger partial charge in [0.25, 0.3) is 0 Å². The lowest BCUT2D eigenvalue weighted by Crippen LogP contribution is -2.30. The Balaban J connectivity index is 2.79. The Morgan fingerprint density at radius 2 is 2.06 bits per heavy atom. The van der Waals surface area contributed by atoms with E-state index in [4.69, 9.17) is 16.3 Å². The molecule has 0 radical (unpaired) electrons. The van der Waals surface area contributed by atoms with Crippen LogP contribution in [-0.2, 0) is 6.00 Å². The summed E-state index contributed by atoms with van der Waals surface area (Å²) in [7, 11) is 1.34. The van der Waals surface area contributed by atoms with Crippen LogP contribution in [0.2, 0.25) is 0 Å². The van der Waals surface area contributed by atoms with Crippen molar-refractivity contribution in [1.29, 1.82) is 0 Å². The zero-order valence-electron chi connectivity index (χ0n) is 8.42. The molecule has 16 heavy (non-hydrogen) atoms. The first-order chi connectivity index (χ1) is 7.46. The molecule has 0 fully saturated rings. The summed E-state index contributed by atoms with van der Waals surface area (Å²) in [4.78, 5) is 0. The van der Waals surface area contributed by atoms with Crippen LogP contribution in [0.1, 0.15) is 0 Å². The summed E-state index contributed by atoms with van der Waals surface area (Å²) in [6.07, 6.45) is -1.41. The highest BCUT2D eigenvalue weighted by molar-refractivity contribution is 6.14. The minimum absolute atomic E-state index is 0.0289. The molecule has 1 aromatic heterocycles. The molecule has 1 heterocycles. The molecule has 0 amide bonds. The largest absolute Gasteiger partial charge is 0.488 e. The fourth-order valence-electron chi connectivity index (χ4n) is 1.01. The molecular weight excluding hydrogens is 247 g/mol. The second-order valence-corrected chi connectivity index (χ2v) is 3.15. The molecule has 0 N–H and O–H groups in total. The third-order valence-corrected chi connectivity index (χ3v) is 1.97. The topological polar surface area (TPSA) is 22.3 Å². The van der Waals surface area contributed by atoms with Crippen LogP contribution >= 0.6 is 11.6 Å². The van der Waals surface area contributed by atoms with Gasteiger partial charge in [-0.15, -0.1) is 0 Å². The fourth-order valence-corrected chi connectivity index (χ4v) is 1.16. The van der Waals surface area contributed by atoms with E-state index in [2.05, 4.69) is 4.74 Å². The molecule has 0 aliphatic heterocycles. The number of pyridine rings is 1. The maximum Gasteiger partial charge on any atom is 0.422 e. The van der Waals surface area contributed by atoms with Crippen LogP contribution in [0.25, 0.3) is 0 Å². The van der Waals surface area contributed by atoms with Crippen molar-refractivity contribution in [3.05, 3.63) is 18.5 Å². The van der Waals surface area contributed by atoms with Crippen molar-refractivity contribution in [3.63, 3.8) is 0 Å². The van der Waals surface area contributed by atoms with Crippen LogP contribution in [0.4, 0.5) is 13.2 Å². The van der Waals surface area contributed by atoms with Crippen molar-refractivity contribution in [1.82, 2.24) is 0 Å². The molecule has 7 heteroatoms. The number of alkyl halides is 4. The van der Waals surface area contributed by atoms with E-state index in [9.17, 15) is 13.2 Å². The van der Waals surface area contributed by atoms with E-state index < -0.39 is 12.8 Å². The molecule has 0 aliphatic carbocycles. The maximum atomic E-state index is 11.9. The quantitative estimate of drug-likeness (QED) is 0.608. The van der Waals surface area contributed by atoms with E-state index in [1.165, 1.54) is 25.6 Å². The van der Waals surface area contributed by atoms with Crippen LogP contribution in [0.15, 0.2) is 18.5 Å². The number of halogens is 4. The summed E-state index contributed by atoms with van der Waals surface area (Å²) in [6.45, 7) is -1.35. The number of nitrogens with zero attached hydrogens (tertiary/aromatic N) is 1. The molecule has 0 spiro atoms.